The first kappa shape index (κ1) is 25.0. The maximum atomic E-state index is 12.2. The summed E-state index contributed by atoms with van der Waals surface area (Å²) in [6.07, 6.45) is 0. The van der Waals surface area contributed by atoms with Crippen LogP contribution in [-0.2, 0) is 10.5 Å². The molecular formula is C23H34N6O3S. The molecule has 0 aromatic carbocycles. The lowest BCUT2D eigenvalue weighted by Crippen LogP contribution is -2.48. The van der Waals surface area contributed by atoms with E-state index in [1.807, 2.05) is 36.0 Å². The zero-order chi connectivity index (χ0) is 24.0. The van der Waals surface area contributed by atoms with Crippen molar-refractivity contribution >= 4 is 29.4 Å². The molecule has 0 atom stereocenters. The number of amides is 2. The number of rotatable bonds is 9. The van der Waals surface area contributed by atoms with Crippen LogP contribution in [0.4, 0.5) is 5.82 Å². The smallest absolute Gasteiger partial charge is 0.287 e. The van der Waals surface area contributed by atoms with Gasteiger partial charge in [0.1, 0.15) is 11.6 Å². The molecule has 0 spiro atoms. The summed E-state index contributed by atoms with van der Waals surface area (Å²) in [7, 11) is 3.92. The average molecular weight is 475 g/mol. The van der Waals surface area contributed by atoms with Crippen molar-refractivity contribution in [3.05, 3.63) is 35.4 Å². The van der Waals surface area contributed by atoms with E-state index in [0.717, 1.165) is 31.1 Å². The van der Waals surface area contributed by atoms with Crippen molar-refractivity contribution in [1.82, 2.24) is 25.1 Å². The Kier molecular flexibility index (Phi) is 8.74. The van der Waals surface area contributed by atoms with Crippen LogP contribution < -0.4 is 10.2 Å². The largest absolute Gasteiger partial charge is 0.455 e. The third kappa shape index (κ3) is 7.20. The van der Waals surface area contributed by atoms with Crippen LogP contribution >= 0.6 is 11.8 Å². The number of anilines is 1. The highest BCUT2D eigenvalue weighted by atomic mass is 32.2. The molecule has 0 unspecified atom stereocenters. The van der Waals surface area contributed by atoms with Gasteiger partial charge in [-0.05, 0) is 32.1 Å². The van der Waals surface area contributed by atoms with Crippen molar-refractivity contribution in [2.24, 2.45) is 0 Å². The van der Waals surface area contributed by atoms with Gasteiger partial charge in [-0.15, -0.1) is 0 Å². The van der Waals surface area contributed by atoms with Gasteiger partial charge in [-0.2, -0.15) is 0 Å². The summed E-state index contributed by atoms with van der Waals surface area (Å²) in [6.45, 7) is 10.1. The fraction of sp³-hybridized carbons (Fsp3) is 0.565. The van der Waals surface area contributed by atoms with Crippen LogP contribution in [0.3, 0.4) is 0 Å². The van der Waals surface area contributed by atoms with Gasteiger partial charge >= 0.3 is 0 Å². The van der Waals surface area contributed by atoms with E-state index in [0.29, 0.717) is 42.1 Å². The molecule has 2 amide bonds. The molecule has 33 heavy (non-hydrogen) atoms. The number of furan rings is 1. The highest BCUT2D eigenvalue weighted by Crippen LogP contribution is 2.27. The monoisotopic (exact) mass is 474 g/mol. The molecule has 1 saturated heterocycles. The van der Waals surface area contributed by atoms with Crippen LogP contribution in [0.15, 0.2) is 27.8 Å². The molecule has 3 rings (SSSR count). The lowest BCUT2D eigenvalue weighted by atomic mass is 10.1. The third-order valence-corrected chi connectivity index (χ3v) is 6.30. The second-order valence-electron chi connectivity index (χ2n) is 8.70. The van der Waals surface area contributed by atoms with Gasteiger partial charge in [0, 0.05) is 58.0 Å². The van der Waals surface area contributed by atoms with Gasteiger partial charge in [-0.1, -0.05) is 25.6 Å². The summed E-state index contributed by atoms with van der Waals surface area (Å²) in [4.78, 5) is 39.4. The van der Waals surface area contributed by atoms with Crippen LogP contribution in [0, 0.1) is 0 Å². The maximum absolute atomic E-state index is 12.2. The van der Waals surface area contributed by atoms with Crippen LogP contribution in [0.25, 0.3) is 0 Å². The molecule has 3 heterocycles. The van der Waals surface area contributed by atoms with Crippen molar-refractivity contribution < 1.29 is 14.0 Å². The van der Waals surface area contributed by atoms with Crippen molar-refractivity contribution in [2.75, 3.05) is 58.3 Å². The number of piperazine rings is 1. The molecule has 180 valence electrons. The summed E-state index contributed by atoms with van der Waals surface area (Å²) < 4.78 is 5.73. The molecule has 1 aliphatic heterocycles. The Morgan fingerprint density at radius 2 is 1.91 bits per heavy atom. The summed E-state index contributed by atoms with van der Waals surface area (Å²) in [5, 5.41) is 3.53. The minimum absolute atomic E-state index is 0.112. The van der Waals surface area contributed by atoms with Gasteiger partial charge in [-0.25, -0.2) is 9.97 Å². The molecule has 1 fully saturated rings. The molecule has 0 saturated carbocycles. The highest BCUT2D eigenvalue weighted by Gasteiger charge is 2.21. The van der Waals surface area contributed by atoms with E-state index in [1.54, 1.807) is 13.0 Å². The van der Waals surface area contributed by atoms with Crippen molar-refractivity contribution in [2.45, 2.75) is 37.6 Å². The van der Waals surface area contributed by atoms with Gasteiger partial charge in [0.25, 0.3) is 5.91 Å². The number of nitrogens with zero attached hydrogens (tertiary/aromatic N) is 5. The number of carbonyl (C=O) groups excluding carboxylic acids is 2. The van der Waals surface area contributed by atoms with Crippen LogP contribution in [-0.4, -0.2) is 84.9 Å². The Morgan fingerprint density at radius 3 is 2.55 bits per heavy atom. The Labute approximate surface area is 199 Å². The predicted molar refractivity (Wildman–Crippen MR) is 130 cm³/mol. The van der Waals surface area contributed by atoms with Gasteiger partial charge in [0.05, 0.1) is 5.75 Å². The van der Waals surface area contributed by atoms with E-state index in [-0.39, 0.29) is 17.7 Å². The fourth-order valence-electron chi connectivity index (χ4n) is 3.40. The van der Waals surface area contributed by atoms with Gasteiger partial charge < -0.3 is 24.4 Å². The maximum Gasteiger partial charge on any atom is 0.287 e. The summed E-state index contributed by atoms with van der Waals surface area (Å²) in [5.41, 5.74) is 0.983. The van der Waals surface area contributed by atoms with Gasteiger partial charge in [0.15, 0.2) is 10.9 Å². The number of aromatic nitrogens is 2. The van der Waals surface area contributed by atoms with E-state index in [4.69, 9.17) is 14.4 Å². The lowest BCUT2D eigenvalue weighted by molar-refractivity contribution is -0.129. The summed E-state index contributed by atoms with van der Waals surface area (Å²) in [6, 6.07) is 5.56. The van der Waals surface area contributed by atoms with Crippen molar-refractivity contribution in [1.29, 1.82) is 0 Å². The topological polar surface area (TPSA) is 94.8 Å². The normalized spacial score (nSPS) is 14.3. The number of thioether (sulfide) groups is 1. The highest BCUT2D eigenvalue weighted by molar-refractivity contribution is 7.98. The second-order valence-corrected chi connectivity index (χ2v) is 9.64. The second kappa shape index (κ2) is 11.5. The fourth-order valence-corrected chi connectivity index (χ4v) is 4.15. The minimum atomic E-state index is -0.210. The summed E-state index contributed by atoms with van der Waals surface area (Å²) >= 11 is 1.49. The SMILES string of the molecule is CC(=O)N1CCN(c2cc(C(C)C)nc(SCc3ccc(C(=O)NCCN(C)C)o3)n2)CC1. The molecule has 1 aliphatic rings. The van der Waals surface area contributed by atoms with Crippen molar-refractivity contribution in [3.8, 4) is 0 Å². The molecular weight excluding hydrogens is 440 g/mol. The molecule has 0 aliphatic carbocycles. The third-order valence-electron chi connectivity index (χ3n) is 5.43. The number of hydrogen-bond donors (Lipinski definition) is 1. The number of hydrogen-bond acceptors (Lipinski definition) is 8. The van der Waals surface area contributed by atoms with Gasteiger partial charge in [0.2, 0.25) is 5.91 Å². The molecule has 1 N–H and O–H groups in total. The molecule has 2 aromatic rings. The van der Waals surface area contributed by atoms with Crippen LogP contribution in [0.5, 0.6) is 0 Å². The standard InChI is InChI=1S/C23H34N6O3S/c1-16(2)19-14-21(29-12-10-28(11-13-29)17(3)30)26-23(25-19)33-15-18-6-7-20(32-18)22(31)24-8-9-27(4)5/h6-7,14,16H,8-13,15H2,1-5H3,(H,24,31). The van der Waals surface area contributed by atoms with E-state index in [9.17, 15) is 9.59 Å². The van der Waals surface area contributed by atoms with E-state index in [1.165, 1.54) is 11.8 Å². The van der Waals surface area contributed by atoms with E-state index < -0.39 is 0 Å². The molecule has 10 heteroatoms. The Bertz CT molecular complexity index is 953. The zero-order valence-corrected chi connectivity index (χ0v) is 20.9. The molecule has 0 radical (unpaired) electrons. The molecule has 9 nitrogen and oxygen atoms in total. The zero-order valence-electron chi connectivity index (χ0n) is 20.1. The molecule has 2 aromatic heterocycles. The minimum Gasteiger partial charge on any atom is -0.455 e. The lowest BCUT2D eigenvalue weighted by Gasteiger charge is -2.35. The first-order chi connectivity index (χ1) is 15.7. The predicted octanol–water partition coefficient (Wildman–Crippen LogP) is 2.45. The summed E-state index contributed by atoms with van der Waals surface area (Å²) in [5.74, 6) is 2.60. The van der Waals surface area contributed by atoms with Crippen LogP contribution in [0.1, 0.15) is 48.7 Å². The first-order valence-electron chi connectivity index (χ1n) is 11.3. The van der Waals surface area contributed by atoms with E-state index in [2.05, 4.69) is 24.1 Å². The number of carbonyl (C=O) groups is 2. The molecule has 0 bridgehead atoms. The van der Waals surface area contributed by atoms with Gasteiger partial charge in [-0.3, -0.25) is 9.59 Å². The average Bonchev–Trinajstić information content (AvgIpc) is 3.26. The van der Waals surface area contributed by atoms with E-state index >= 15 is 0 Å². The Morgan fingerprint density at radius 1 is 1.18 bits per heavy atom. The quantitative estimate of drug-likeness (QED) is 0.437. The Hall–Kier alpha value is -2.59. The number of nitrogens with one attached hydrogen (secondary N) is 1. The van der Waals surface area contributed by atoms with Crippen molar-refractivity contribution in [3.63, 3.8) is 0 Å². The Balaban J connectivity index is 1.63. The van der Waals surface area contributed by atoms with Crippen LogP contribution in [0.2, 0.25) is 0 Å². The first-order valence-corrected chi connectivity index (χ1v) is 12.3. The number of likely N-dealkylation sites (N-methyl/N-ethyl adjacent to an activating group) is 1.